The molecule has 12 aromatic carbocycles. The summed E-state index contributed by atoms with van der Waals surface area (Å²) in [6.07, 6.45) is 36.5. The van der Waals surface area contributed by atoms with Crippen LogP contribution < -0.4 is 18.9 Å². The molecule has 0 unspecified atom stereocenters. The molecular formula is C114H107CrLiO6. The van der Waals surface area contributed by atoms with E-state index in [-0.39, 0.29) is 43.6 Å². The van der Waals surface area contributed by atoms with Gasteiger partial charge in [0, 0.05) is 17.4 Å². The van der Waals surface area contributed by atoms with Gasteiger partial charge in [-0.1, -0.05) is 369 Å². The molecule has 8 heteroatoms. The molecule has 0 amide bonds. The molecule has 0 saturated heterocycles. The van der Waals surface area contributed by atoms with Crippen molar-refractivity contribution in [1.29, 1.82) is 0 Å². The quantitative estimate of drug-likeness (QED) is 0.0420. The Morgan fingerprint density at radius 1 is 0.279 bits per heavy atom. The summed E-state index contributed by atoms with van der Waals surface area (Å²) < 4.78 is 45.0. The van der Waals surface area contributed by atoms with E-state index in [1.54, 1.807) is 0 Å². The number of unbranched alkanes of at least 4 members (excludes halogenated alkanes) is 1. The predicted molar refractivity (Wildman–Crippen MR) is 491 cm³/mol. The molecule has 12 aromatic rings. The van der Waals surface area contributed by atoms with Crippen LogP contribution in [0.25, 0.3) is 100 Å². The van der Waals surface area contributed by atoms with Gasteiger partial charge in [-0.25, -0.2) is 0 Å². The van der Waals surface area contributed by atoms with Crippen molar-refractivity contribution < 1.29 is 64.1 Å². The van der Waals surface area contributed by atoms with Crippen LogP contribution in [0.4, 0.5) is 0 Å². The van der Waals surface area contributed by atoms with Gasteiger partial charge in [0.15, 0.2) is 0 Å². The standard InChI is InChI=1S/C29H32.C28H30.2C23H16.C4H9.6CO.CH4.Cr.Li/c1-21-20-28(26-12-10-24(11-13-26)22-6-2-3-7-22)18-19-29(21)27-16-14-25(15-17-27)23-8-4-5-9-23;1-2-6-21(5-1)23-9-13-25(14-10-23)27-17-19-28(20-18-27)26-15-11-24(12-16-26)22-7-3-4-8-22;2*1-2-6-18(7-3-1)20-10-14-22(15-11-20)23-16-12-21(13-17-23)19-8-4-5-9-19;1-3-4-2;6*1-2;;;/h10-20,22-23H,2-9H2,1H3;9-22H,1-8H2;2*1-4,6-17H;1,3-4H2,2H3;;;;;;;1H4;;/q;;;;-1;;;;;;;;;+1. The van der Waals surface area contributed by atoms with Crippen LogP contribution in [0.2, 0.25) is 0 Å². The minimum atomic E-state index is 0. The van der Waals surface area contributed by atoms with E-state index in [0.29, 0.717) is 0 Å². The number of hydrogen-bond donors (Lipinski definition) is 0. The molecule has 0 radical (unpaired) electrons. The zero-order valence-electron chi connectivity index (χ0n) is 69.9. The first-order valence-corrected chi connectivity index (χ1v) is 41.3. The molecule has 18 rings (SSSR count). The van der Waals surface area contributed by atoms with E-state index in [1.807, 2.05) is 36.4 Å². The molecule has 0 aromatic heterocycles. The van der Waals surface area contributed by atoms with Crippen LogP contribution in [-0.4, -0.2) is 0 Å². The first-order chi connectivity index (χ1) is 58.9. The maximum atomic E-state index is 7.50. The van der Waals surface area contributed by atoms with Gasteiger partial charge in [-0.3, -0.25) is 0 Å². The Morgan fingerprint density at radius 2 is 0.467 bits per heavy atom. The number of hydrogen-bond acceptors (Lipinski definition) is 0. The third-order valence-corrected chi connectivity index (χ3v) is 23.0. The fourth-order valence-corrected chi connectivity index (χ4v) is 16.5. The van der Waals surface area contributed by atoms with E-state index in [9.17, 15) is 0 Å². The van der Waals surface area contributed by atoms with E-state index in [0.717, 1.165) is 30.1 Å². The van der Waals surface area contributed by atoms with E-state index < -0.39 is 0 Å². The molecule has 0 aliphatic heterocycles. The second-order valence-electron chi connectivity index (χ2n) is 30.1. The summed E-state index contributed by atoms with van der Waals surface area (Å²) in [5, 5.41) is 0. The van der Waals surface area contributed by atoms with Gasteiger partial charge >= 0.3 is 86.7 Å². The average Bonchev–Trinajstić information content (AvgIpc) is 1.27. The van der Waals surface area contributed by atoms with Crippen molar-refractivity contribution in [2.24, 2.45) is 0 Å². The minimum Gasteiger partial charge on any atom is -0.343 e. The fourth-order valence-electron chi connectivity index (χ4n) is 16.5. The predicted octanol–water partition coefficient (Wildman–Crippen LogP) is 28.3. The Bertz CT molecular complexity index is 5060. The molecule has 0 atom stereocenters. The number of allylic oxidation sites excluding steroid dienone is 6. The van der Waals surface area contributed by atoms with Gasteiger partial charge in [0.25, 0.3) is 0 Å². The molecule has 6 aliphatic carbocycles. The van der Waals surface area contributed by atoms with Crippen molar-refractivity contribution >= 4 is 11.1 Å². The number of aryl methyl sites for hydroxylation is 1. The van der Waals surface area contributed by atoms with Crippen LogP contribution in [0.1, 0.15) is 193 Å². The summed E-state index contributed by atoms with van der Waals surface area (Å²) in [5.74, 6) is 3.17. The summed E-state index contributed by atoms with van der Waals surface area (Å²) in [7, 11) is 0. The SMILES string of the molecule is C.C1=CC=C(c2ccc(-c3ccc(-c4ccccc4)cc3)cc2)C=1.C1=CC=C(c2ccc(-c3ccc(-c4ccccc4)cc3)cc2)C=1.Cc1cc(-c2ccc(C3CCCC3)cc2)ccc1-c1ccc(C2CCCC2)cc1.[C-]#[O+].[C-]#[O+].[C-]#[O+].[C-]#[O+].[C-]#[O+].[C-]#[O+].[CH2-]CCC.[Cr].[Li+].c1cc(-c2ccc(C3CCCC3)cc2)ccc1-c1ccc(C2CCCC2)cc1. The topological polar surface area (TPSA) is 119 Å². The average molecular weight is 1630 g/mol. The largest absolute Gasteiger partial charge is 1.00 e. The van der Waals surface area contributed by atoms with E-state index >= 15 is 0 Å². The molecule has 122 heavy (non-hydrogen) atoms. The van der Waals surface area contributed by atoms with E-state index in [2.05, 4.69) is 369 Å². The molecule has 4 saturated carbocycles. The number of benzene rings is 12. The Labute approximate surface area is 750 Å². The van der Waals surface area contributed by atoms with Crippen LogP contribution >= 0.6 is 0 Å². The van der Waals surface area contributed by atoms with Crippen molar-refractivity contribution in [3.8, 4) is 89.0 Å². The van der Waals surface area contributed by atoms with E-state index in [1.165, 1.54) is 248 Å². The van der Waals surface area contributed by atoms with Crippen molar-refractivity contribution in [2.45, 2.75) is 161 Å². The molecule has 0 N–H and O–H groups in total. The summed E-state index contributed by atoms with van der Waals surface area (Å²) in [5.41, 5.74) is 39.1. The van der Waals surface area contributed by atoms with Crippen molar-refractivity contribution in [3.63, 3.8) is 0 Å². The monoisotopic (exact) mass is 1630 g/mol. The molecule has 6 nitrogen and oxygen atoms in total. The second-order valence-corrected chi connectivity index (χ2v) is 30.1. The maximum Gasteiger partial charge on any atom is 1.00 e. The maximum absolute atomic E-state index is 7.50. The zero-order valence-corrected chi connectivity index (χ0v) is 71.1. The summed E-state index contributed by atoms with van der Waals surface area (Å²) in [6, 6.07) is 109. The molecule has 0 heterocycles. The van der Waals surface area contributed by atoms with Gasteiger partial charge < -0.3 is 6.92 Å². The second kappa shape index (κ2) is 57.1. The van der Waals surface area contributed by atoms with Crippen LogP contribution in [0, 0.1) is 53.7 Å². The van der Waals surface area contributed by atoms with Gasteiger partial charge in [0.05, 0.1) is 0 Å². The zero-order chi connectivity index (χ0) is 84.8. The van der Waals surface area contributed by atoms with Crippen molar-refractivity contribution in [3.05, 3.63) is 431 Å². The molecular weight excluding hydrogens is 1520 g/mol. The third-order valence-electron chi connectivity index (χ3n) is 23.0. The smallest absolute Gasteiger partial charge is 0.343 e. The Kier molecular flexibility index (Phi) is 47.4. The summed E-state index contributed by atoms with van der Waals surface area (Å²) in [4.78, 5) is 0. The first kappa shape index (κ1) is 101. The van der Waals surface area contributed by atoms with Gasteiger partial charge in [0.2, 0.25) is 0 Å². The van der Waals surface area contributed by atoms with Crippen LogP contribution in [0.5, 0.6) is 0 Å². The van der Waals surface area contributed by atoms with Gasteiger partial charge in [0.1, 0.15) is 0 Å². The Morgan fingerprint density at radius 3 is 0.672 bits per heavy atom. The van der Waals surface area contributed by atoms with Crippen LogP contribution in [-0.2, 0) is 45.3 Å². The molecule has 4 fully saturated rings. The number of rotatable bonds is 15. The Hall–Kier alpha value is -11.3. The third kappa shape index (κ3) is 29.5. The fraction of sp³-hybridized carbons (Fsp3) is 0.219. The molecule has 606 valence electrons. The summed E-state index contributed by atoms with van der Waals surface area (Å²) in [6.45, 7) is 35.0. The van der Waals surface area contributed by atoms with Gasteiger partial charge in [-0.2, -0.15) is 6.42 Å². The first-order valence-electron chi connectivity index (χ1n) is 41.3. The molecule has 0 bridgehead atoms. The van der Waals surface area contributed by atoms with Crippen molar-refractivity contribution in [1.82, 2.24) is 0 Å². The Balaban J connectivity index is 0.000000272. The van der Waals surface area contributed by atoms with Crippen LogP contribution in [0.15, 0.2) is 345 Å². The summed E-state index contributed by atoms with van der Waals surface area (Å²) >= 11 is 0. The van der Waals surface area contributed by atoms with Gasteiger partial charge in [-0.05, 0) is 258 Å². The normalized spacial score (nSPS) is 13.4. The minimum absolute atomic E-state index is 0. The van der Waals surface area contributed by atoms with Crippen LogP contribution in [0.3, 0.4) is 0 Å². The molecule has 6 aliphatic rings. The van der Waals surface area contributed by atoms with Crippen molar-refractivity contribution in [2.75, 3.05) is 0 Å². The van der Waals surface area contributed by atoms with E-state index in [4.69, 9.17) is 27.9 Å². The molecule has 0 spiro atoms. The van der Waals surface area contributed by atoms with Gasteiger partial charge in [-0.15, -0.1) is 11.5 Å².